The molecule has 1 N–H and O–H groups in total. The molecule has 0 amide bonds. The van der Waals surface area contributed by atoms with Crippen LogP contribution in [0.2, 0.25) is 0 Å². The standard InChI is InChI=1S/C36H48Br2O6/c1-24(2)14-16-26-28(42-20-12-8-6-10-18-37)22-30-33(34(26)39)35(40)32-27(17-15-25(3)4)36(41-5)31(23-29(32)44-30)43-21-13-9-7-11-19-38/h14-15,22-23,39H,6-13,16-21H2,1-5H3. The van der Waals surface area contributed by atoms with E-state index in [1.165, 1.54) is 0 Å². The molecule has 0 unspecified atom stereocenters. The normalized spacial score (nSPS) is 11.2. The summed E-state index contributed by atoms with van der Waals surface area (Å²) in [7, 11) is 1.59. The van der Waals surface area contributed by atoms with Crippen LogP contribution in [0, 0.1) is 0 Å². The molecule has 3 rings (SSSR count). The molecular formula is C36H48Br2O6. The van der Waals surface area contributed by atoms with E-state index in [9.17, 15) is 9.90 Å². The maximum atomic E-state index is 14.3. The van der Waals surface area contributed by atoms with Gasteiger partial charge in [-0.05, 0) is 66.2 Å². The zero-order valence-corrected chi connectivity index (χ0v) is 30.1. The fraction of sp³-hybridized carbons (Fsp3) is 0.528. The highest BCUT2D eigenvalue weighted by molar-refractivity contribution is 9.09. The Morgan fingerprint density at radius 2 is 1.25 bits per heavy atom. The first kappa shape index (κ1) is 36.0. The molecule has 6 nitrogen and oxygen atoms in total. The molecule has 0 saturated carbocycles. The first-order valence-electron chi connectivity index (χ1n) is 15.7. The van der Waals surface area contributed by atoms with E-state index < -0.39 is 0 Å². The minimum Gasteiger partial charge on any atom is -0.507 e. The molecule has 3 aromatic rings. The van der Waals surface area contributed by atoms with Crippen molar-refractivity contribution in [1.82, 2.24) is 0 Å². The first-order chi connectivity index (χ1) is 21.2. The molecule has 0 fully saturated rings. The number of unbranched alkanes of at least 4 members (excludes halogenated alkanes) is 6. The lowest BCUT2D eigenvalue weighted by atomic mass is 9.98. The molecule has 0 bridgehead atoms. The van der Waals surface area contributed by atoms with Gasteiger partial charge in [-0.25, -0.2) is 0 Å². The number of phenolic OH excluding ortho intramolecular Hbond substituents is 1. The largest absolute Gasteiger partial charge is 0.507 e. The highest BCUT2D eigenvalue weighted by atomic mass is 79.9. The van der Waals surface area contributed by atoms with Crippen LogP contribution >= 0.6 is 31.9 Å². The quantitative estimate of drug-likeness (QED) is 0.0572. The van der Waals surface area contributed by atoms with Gasteiger partial charge in [0.2, 0.25) is 5.43 Å². The summed E-state index contributed by atoms with van der Waals surface area (Å²) in [6.07, 6.45) is 13.5. The van der Waals surface area contributed by atoms with Gasteiger partial charge in [-0.15, -0.1) is 0 Å². The Balaban J connectivity index is 2.17. The molecule has 8 heteroatoms. The monoisotopic (exact) mass is 734 g/mol. The van der Waals surface area contributed by atoms with Crippen LogP contribution in [0.25, 0.3) is 21.9 Å². The van der Waals surface area contributed by atoms with Crippen LogP contribution in [0.15, 0.2) is 44.6 Å². The van der Waals surface area contributed by atoms with Crippen LogP contribution in [0.4, 0.5) is 0 Å². The third-order valence-corrected chi connectivity index (χ3v) is 8.64. The van der Waals surface area contributed by atoms with Crippen molar-refractivity contribution < 1.29 is 23.7 Å². The average Bonchev–Trinajstić information content (AvgIpc) is 2.98. The second-order valence-electron chi connectivity index (χ2n) is 11.6. The third kappa shape index (κ3) is 9.77. The fourth-order valence-electron chi connectivity index (χ4n) is 5.13. The number of hydrogen-bond donors (Lipinski definition) is 1. The number of hydrogen-bond acceptors (Lipinski definition) is 6. The summed E-state index contributed by atoms with van der Waals surface area (Å²) < 4.78 is 24.7. The van der Waals surface area contributed by atoms with Crippen LogP contribution < -0.4 is 19.6 Å². The molecule has 44 heavy (non-hydrogen) atoms. The molecule has 0 aliphatic carbocycles. The number of allylic oxidation sites excluding steroid dienone is 4. The molecule has 1 heterocycles. The zero-order valence-electron chi connectivity index (χ0n) is 27.0. The maximum Gasteiger partial charge on any atom is 0.204 e. The average molecular weight is 737 g/mol. The Labute approximate surface area is 279 Å². The van der Waals surface area contributed by atoms with Crippen molar-refractivity contribution >= 4 is 53.8 Å². The van der Waals surface area contributed by atoms with Gasteiger partial charge in [0.25, 0.3) is 0 Å². The zero-order chi connectivity index (χ0) is 32.1. The van der Waals surface area contributed by atoms with Crippen molar-refractivity contribution in [3.63, 3.8) is 0 Å². The molecule has 0 saturated heterocycles. The second-order valence-corrected chi connectivity index (χ2v) is 13.2. The SMILES string of the molecule is COc1c(OCCCCCCBr)cc2oc3cc(OCCCCCCBr)c(CC=C(C)C)c(O)c3c(=O)c2c1CC=C(C)C. The third-order valence-electron chi connectivity index (χ3n) is 7.52. The summed E-state index contributed by atoms with van der Waals surface area (Å²) in [5.74, 6) is 1.50. The van der Waals surface area contributed by atoms with Crippen molar-refractivity contribution in [2.75, 3.05) is 31.0 Å². The Hall–Kier alpha value is -2.45. The smallest absolute Gasteiger partial charge is 0.204 e. The van der Waals surface area contributed by atoms with Crippen LogP contribution in [-0.4, -0.2) is 36.1 Å². The number of alkyl halides is 2. The van der Waals surface area contributed by atoms with Crippen LogP contribution in [0.3, 0.4) is 0 Å². The summed E-state index contributed by atoms with van der Waals surface area (Å²) in [4.78, 5) is 14.3. The first-order valence-corrected chi connectivity index (χ1v) is 18.0. The van der Waals surface area contributed by atoms with E-state index in [1.54, 1.807) is 19.2 Å². The highest BCUT2D eigenvalue weighted by Gasteiger charge is 2.24. The van der Waals surface area contributed by atoms with Gasteiger partial charge >= 0.3 is 0 Å². The van der Waals surface area contributed by atoms with Gasteiger partial charge in [-0.2, -0.15) is 0 Å². The van der Waals surface area contributed by atoms with Crippen molar-refractivity contribution in [2.45, 2.75) is 91.9 Å². The number of fused-ring (bicyclic) bond motifs is 2. The summed E-state index contributed by atoms with van der Waals surface area (Å²) in [6, 6.07) is 3.50. The second kappa shape index (κ2) is 18.5. The van der Waals surface area contributed by atoms with Crippen molar-refractivity contribution in [2.24, 2.45) is 0 Å². The summed E-state index contributed by atoms with van der Waals surface area (Å²) >= 11 is 6.97. The van der Waals surface area contributed by atoms with Crippen LogP contribution in [0.1, 0.15) is 90.2 Å². The molecule has 2 aromatic carbocycles. The van der Waals surface area contributed by atoms with E-state index >= 15 is 0 Å². The van der Waals surface area contributed by atoms with E-state index in [0.29, 0.717) is 65.4 Å². The number of aromatic hydroxyl groups is 1. The Morgan fingerprint density at radius 3 is 1.80 bits per heavy atom. The summed E-state index contributed by atoms with van der Waals surface area (Å²) in [5.41, 5.74) is 3.88. The van der Waals surface area contributed by atoms with Gasteiger partial charge in [-0.3, -0.25) is 4.79 Å². The van der Waals surface area contributed by atoms with Crippen LogP contribution in [0.5, 0.6) is 23.0 Å². The summed E-state index contributed by atoms with van der Waals surface area (Å²) in [5, 5.41) is 14.1. The Bertz CT molecular complexity index is 1500. The van der Waals surface area contributed by atoms with Gasteiger partial charge in [0.05, 0.1) is 25.7 Å². The predicted octanol–water partition coefficient (Wildman–Crippen LogP) is 10.3. The van der Waals surface area contributed by atoms with Gasteiger partial charge in [0, 0.05) is 33.9 Å². The maximum absolute atomic E-state index is 14.3. The predicted molar refractivity (Wildman–Crippen MR) is 190 cm³/mol. The number of ether oxygens (including phenoxy) is 3. The molecule has 0 spiro atoms. The summed E-state index contributed by atoms with van der Waals surface area (Å²) in [6.45, 7) is 9.11. The molecule has 0 atom stereocenters. The van der Waals surface area contributed by atoms with Crippen LogP contribution in [-0.2, 0) is 12.8 Å². The fourth-order valence-corrected chi connectivity index (χ4v) is 5.92. The molecule has 242 valence electrons. The van der Waals surface area contributed by atoms with Gasteiger partial charge in [0.15, 0.2) is 11.5 Å². The highest BCUT2D eigenvalue weighted by Crippen LogP contribution is 2.41. The van der Waals surface area contributed by atoms with E-state index in [1.807, 2.05) is 33.8 Å². The molecule has 0 radical (unpaired) electrons. The lowest BCUT2D eigenvalue weighted by molar-refractivity contribution is 0.284. The van der Waals surface area contributed by atoms with Gasteiger partial charge in [-0.1, -0.05) is 80.8 Å². The number of phenols is 1. The topological polar surface area (TPSA) is 78.1 Å². The lowest BCUT2D eigenvalue weighted by Crippen LogP contribution is -2.10. The Kier molecular flexibility index (Phi) is 15.1. The lowest BCUT2D eigenvalue weighted by Gasteiger charge is -2.18. The van der Waals surface area contributed by atoms with E-state index in [2.05, 4.69) is 37.9 Å². The number of halogens is 2. The number of benzene rings is 2. The Morgan fingerprint density at radius 1 is 0.750 bits per heavy atom. The van der Waals surface area contributed by atoms with Gasteiger partial charge < -0.3 is 23.7 Å². The number of rotatable bonds is 19. The van der Waals surface area contributed by atoms with Crippen molar-refractivity contribution in [3.8, 4) is 23.0 Å². The van der Waals surface area contributed by atoms with E-state index in [-0.39, 0.29) is 22.1 Å². The molecule has 0 aliphatic heterocycles. The number of methoxy groups -OCH3 is 1. The molecule has 0 aliphatic rings. The minimum atomic E-state index is -0.296. The van der Waals surface area contributed by atoms with E-state index in [4.69, 9.17) is 18.6 Å². The van der Waals surface area contributed by atoms with Crippen molar-refractivity contribution in [3.05, 3.63) is 56.8 Å². The van der Waals surface area contributed by atoms with E-state index in [0.717, 1.165) is 73.2 Å². The minimum absolute atomic E-state index is 0.0964. The van der Waals surface area contributed by atoms with Crippen molar-refractivity contribution in [1.29, 1.82) is 0 Å². The van der Waals surface area contributed by atoms with Gasteiger partial charge in [0.1, 0.15) is 28.1 Å². The molecule has 1 aromatic heterocycles. The molecular weight excluding hydrogens is 688 g/mol.